The topological polar surface area (TPSA) is 129 Å². The number of anilines is 1. The van der Waals surface area contributed by atoms with Crippen molar-refractivity contribution in [3.63, 3.8) is 0 Å². The molecule has 0 aromatic carbocycles. The first kappa shape index (κ1) is 25.4. The van der Waals surface area contributed by atoms with Crippen LogP contribution < -0.4 is 11.1 Å². The van der Waals surface area contributed by atoms with E-state index in [4.69, 9.17) is 10.5 Å². The van der Waals surface area contributed by atoms with Crippen LogP contribution in [0.25, 0.3) is 11.4 Å². The second kappa shape index (κ2) is 10.5. The molecule has 12 heteroatoms. The second-order valence-corrected chi connectivity index (χ2v) is 11.4. The first-order chi connectivity index (χ1) is 16.7. The highest BCUT2D eigenvalue weighted by molar-refractivity contribution is 7.99. The van der Waals surface area contributed by atoms with Crippen molar-refractivity contribution in [2.24, 2.45) is 5.73 Å². The number of carbonyl (C=O) groups excluding carboxylic acids is 3. The van der Waals surface area contributed by atoms with E-state index in [2.05, 4.69) is 39.3 Å². The quantitative estimate of drug-likeness (QED) is 0.323. The SMILES string of the molecule is COC(=O)c1c(NC(=O)CSc2nnc(-c3csc4c3CCCC4)n2C(C)C)sc(C(N)=O)c1C. The summed E-state index contributed by atoms with van der Waals surface area (Å²) in [6.45, 7) is 5.74. The van der Waals surface area contributed by atoms with E-state index in [0.29, 0.717) is 10.7 Å². The van der Waals surface area contributed by atoms with Crippen LogP contribution in [0, 0.1) is 6.92 Å². The minimum atomic E-state index is -0.666. The second-order valence-electron chi connectivity index (χ2n) is 8.48. The Morgan fingerprint density at radius 1 is 1.26 bits per heavy atom. The Kier molecular flexibility index (Phi) is 7.62. The molecule has 186 valence electrons. The molecule has 0 fully saturated rings. The zero-order chi connectivity index (χ0) is 25.3. The summed E-state index contributed by atoms with van der Waals surface area (Å²) in [6.07, 6.45) is 4.58. The van der Waals surface area contributed by atoms with Gasteiger partial charge in [0.15, 0.2) is 11.0 Å². The molecule has 3 aromatic heterocycles. The summed E-state index contributed by atoms with van der Waals surface area (Å²) in [6, 6.07) is 0.105. The number of nitrogens with one attached hydrogen (secondary N) is 1. The summed E-state index contributed by atoms with van der Waals surface area (Å²) in [7, 11) is 1.24. The molecule has 0 saturated heterocycles. The fourth-order valence-electron chi connectivity index (χ4n) is 4.18. The Morgan fingerprint density at radius 3 is 2.69 bits per heavy atom. The maximum Gasteiger partial charge on any atom is 0.341 e. The molecule has 3 aromatic rings. The number of hydrogen-bond donors (Lipinski definition) is 2. The number of fused-ring (bicyclic) bond motifs is 1. The number of hydrogen-bond acceptors (Lipinski definition) is 9. The van der Waals surface area contributed by atoms with Crippen LogP contribution in [0.3, 0.4) is 0 Å². The van der Waals surface area contributed by atoms with Gasteiger partial charge in [-0.2, -0.15) is 0 Å². The summed E-state index contributed by atoms with van der Waals surface area (Å²) < 4.78 is 6.88. The Morgan fingerprint density at radius 2 is 2.00 bits per heavy atom. The maximum absolute atomic E-state index is 12.8. The number of ether oxygens (including phenoxy) is 1. The molecule has 0 aliphatic heterocycles. The number of nitrogens with zero attached hydrogens (tertiary/aromatic N) is 3. The molecule has 0 spiro atoms. The van der Waals surface area contributed by atoms with Gasteiger partial charge in [-0.3, -0.25) is 14.2 Å². The van der Waals surface area contributed by atoms with Gasteiger partial charge in [-0.1, -0.05) is 11.8 Å². The van der Waals surface area contributed by atoms with Gasteiger partial charge in [0, 0.05) is 21.9 Å². The highest BCUT2D eigenvalue weighted by Crippen LogP contribution is 2.38. The third kappa shape index (κ3) is 5.00. The number of rotatable bonds is 8. The predicted octanol–water partition coefficient (Wildman–Crippen LogP) is 4.45. The van der Waals surface area contributed by atoms with Gasteiger partial charge in [-0.25, -0.2) is 4.79 Å². The lowest BCUT2D eigenvalue weighted by Crippen LogP contribution is -2.16. The highest BCUT2D eigenvalue weighted by atomic mass is 32.2. The molecule has 3 heterocycles. The van der Waals surface area contributed by atoms with Gasteiger partial charge in [-0.05, 0) is 57.6 Å². The molecular formula is C23H27N5O4S3. The third-order valence-corrected chi connectivity index (χ3v) is 9.08. The van der Waals surface area contributed by atoms with Crippen molar-refractivity contribution in [2.45, 2.75) is 57.7 Å². The zero-order valence-corrected chi connectivity index (χ0v) is 22.4. The molecular weight excluding hydrogens is 506 g/mol. The molecule has 1 aliphatic carbocycles. The first-order valence-electron chi connectivity index (χ1n) is 11.2. The maximum atomic E-state index is 12.8. The van der Waals surface area contributed by atoms with E-state index >= 15 is 0 Å². The van der Waals surface area contributed by atoms with Gasteiger partial charge in [0.2, 0.25) is 5.91 Å². The van der Waals surface area contributed by atoms with Crippen molar-refractivity contribution in [2.75, 3.05) is 18.2 Å². The van der Waals surface area contributed by atoms with Crippen molar-refractivity contribution in [1.29, 1.82) is 0 Å². The summed E-state index contributed by atoms with van der Waals surface area (Å²) in [5.74, 6) is -0.769. The lowest BCUT2D eigenvalue weighted by atomic mass is 9.95. The number of carbonyl (C=O) groups is 3. The molecule has 4 rings (SSSR count). The summed E-state index contributed by atoms with van der Waals surface area (Å²) in [4.78, 5) is 38.4. The molecule has 0 saturated carbocycles. The predicted molar refractivity (Wildman–Crippen MR) is 139 cm³/mol. The minimum absolute atomic E-state index is 0.0516. The third-order valence-electron chi connectivity index (χ3n) is 5.83. The fraction of sp³-hybridized carbons (Fsp3) is 0.435. The van der Waals surface area contributed by atoms with Gasteiger partial charge in [0.05, 0.1) is 23.3 Å². The van der Waals surface area contributed by atoms with Crippen molar-refractivity contribution in [3.8, 4) is 11.4 Å². The smallest absolute Gasteiger partial charge is 0.341 e. The molecule has 9 nitrogen and oxygen atoms in total. The lowest BCUT2D eigenvalue weighted by molar-refractivity contribution is -0.113. The number of thioether (sulfide) groups is 1. The molecule has 0 atom stereocenters. The van der Waals surface area contributed by atoms with Gasteiger partial charge < -0.3 is 15.8 Å². The monoisotopic (exact) mass is 533 g/mol. The van der Waals surface area contributed by atoms with Gasteiger partial charge in [0.25, 0.3) is 5.91 Å². The lowest BCUT2D eigenvalue weighted by Gasteiger charge is -2.16. The van der Waals surface area contributed by atoms with Gasteiger partial charge in [0.1, 0.15) is 5.00 Å². The number of aryl methyl sites for hydroxylation is 1. The highest BCUT2D eigenvalue weighted by Gasteiger charge is 2.27. The van der Waals surface area contributed by atoms with Crippen LogP contribution in [0.4, 0.5) is 5.00 Å². The van der Waals surface area contributed by atoms with E-state index in [9.17, 15) is 14.4 Å². The Hall–Kier alpha value is -2.70. The zero-order valence-electron chi connectivity index (χ0n) is 20.0. The fourth-order valence-corrected chi connectivity index (χ4v) is 7.24. The number of amides is 2. The van der Waals surface area contributed by atoms with Crippen LogP contribution in [0.2, 0.25) is 0 Å². The van der Waals surface area contributed by atoms with E-state index in [1.165, 1.54) is 42.2 Å². The largest absolute Gasteiger partial charge is 0.465 e. The van der Waals surface area contributed by atoms with Crippen LogP contribution in [0.5, 0.6) is 0 Å². The van der Waals surface area contributed by atoms with Gasteiger partial charge >= 0.3 is 5.97 Å². The minimum Gasteiger partial charge on any atom is -0.465 e. The van der Waals surface area contributed by atoms with Crippen molar-refractivity contribution >= 4 is 57.2 Å². The van der Waals surface area contributed by atoms with Gasteiger partial charge in [-0.15, -0.1) is 32.9 Å². The van der Waals surface area contributed by atoms with E-state index in [0.717, 1.165) is 35.6 Å². The van der Waals surface area contributed by atoms with Crippen LogP contribution in [0.15, 0.2) is 10.5 Å². The summed E-state index contributed by atoms with van der Waals surface area (Å²) in [5, 5.41) is 14.7. The van der Waals surface area contributed by atoms with Crippen molar-refractivity contribution < 1.29 is 19.1 Å². The molecule has 2 amide bonds. The number of esters is 1. The van der Waals surface area contributed by atoms with E-state index < -0.39 is 11.9 Å². The number of thiophene rings is 2. The molecule has 0 radical (unpaired) electrons. The standard InChI is InChI=1S/C23H27N5O4S3/c1-11(2)28-20(14-9-33-15-8-6-5-7-13(14)15)26-27-23(28)34-10-16(29)25-21-17(22(31)32-4)12(3)18(35-21)19(24)30/h9,11H,5-8,10H2,1-4H3,(H2,24,30)(H,25,29). The molecule has 0 bridgehead atoms. The first-order valence-corrected chi connectivity index (χ1v) is 13.9. The van der Waals surface area contributed by atoms with E-state index in [-0.39, 0.29) is 33.1 Å². The Bertz CT molecular complexity index is 1290. The normalized spacial score (nSPS) is 13.1. The average Bonchev–Trinajstić information content (AvgIpc) is 3.52. The van der Waals surface area contributed by atoms with Crippen LogP contribution >= 0.6 is 34.4 Å². The molecule has 3 N–H and O–H groups in total. The number of nitrogens with two attached hydrogens (primary N) is 1. The van der Waals surface area contributed by atoms with E-state index in [1.54, 1.807) is 18.3 Å². The molecule has 0 unspecified atom stereocenters. The summed E-state index contributed by atoms with van der Waals surface area (Å²) in [5.41, 5.74) is 8.46. The Balaban J connectivity index is 1.54. The molecule has 1 aliphatic rings. The molecule has 35 heavy (non-hydrogen) atoms. The van der Waals surface area contributed by atoms with Crippen LogP contribution in [0.1, 0.15) is 68.8 Å². The number of methoxy groups -OCH3 is 1. The average molecular weight is 534 g/mol. The Labute approximate surface area is 215 Å². The van der Waals surface area contributed by atoms with Crippen LogP contribution in [-0.2, 0) is 22.4 Å². The summed E-state index contributed by atoms with van der Waals surface area (Å²) >= 11 is 4.02. The van der Waals surface area contributed by atoms with E-state index in [1.807, 2.05) is 0 Å². The number of primary amides is 1. The van der Waals surface area contributed by atoms with Crippen LogP contribution in [-0.4, -0.2) is 45.4 Å². The van der Waals surface area contributed by atoms with Crippen molar-refractivity contribution in [3.05, 3.63) is 31.8 Å². The van der Waals surface area contributed by atoms with Crippen molar-refractivity contribution in [1.82, 2.24) is 14.8 Å². The number of aromatic nitrogens is 3.